The molecule has 0 aliphatic carbocycles. The van der Waals surface area contributed by atoms with Crippen molar-refractivity contribution < 1.29 is 9.53 Å². The molecule has 76 valence electrons. The summed E-state index contributed by atoms with van der Waals surface area (Å²) in [4.78, 5) is 15.2. The third-order valence-electron chi connectivity index (χ3n) is 1.88. The average Bonchev–Trinajstić information content (AvgIpc) is 2.25. The topological polar surface area (TPSA) is 39.2 Å². The summed E-state index contributed by atoms with van der Waals surface area (Å²) >= 11 is 0. The third kappa shape index (κ3) is 4.14. The molecule has 1 heterocycles. The van der Waals surface area contributed by atoms with Crippen LogP contribution in [0.2, 0.25) is 0 Å². The number of pyridine rings is 1. The molecule has 0 aliphatic rings. The van der Waals surface area contributed by atoms with Gasteiger partial charge in [0.05, 0.1) is 0 Å². The van der Waals surface area contributed by atoms with Gasteiger partial charge in [-0.15, -0.1) is 0 Å². The molecule has 0 spiro atoms. The molecule has 0 fully saturated rings. The van der Waals surface area contributed by atoms with Crippen LogP contribution in [-0.4, -0.2) is 24.0 Å². The van der Waals surface area contributed by atoms with Crippen molar-refractivity contribution in [3.05, 3.63) is 30.1 Å². The lowest BCUT2D eigenvalue weighted by Crippen LogP contribution is -2.09. The van der Waals surface area contributed by atoms with Crippen LogP contribution < -0.4 is 0 Å². The highest BCUT2D eigenvalue weighted by molar-refractivity contribution is 5.79. The number of hydrogen-bond donors (Lipinski definition) is 0. The molecule has 0 saturated carbocycles. The maximum Gasteiger partial charge on any atom is 0.158 e. The van der Waals surface area contributed by atoms with E-state index in [-0.39, 0.29) is 12.4 Å². The number of ketones is 1. The number of aryl methyl sites for hydroxylation is 1. The van der Waals surface area contributed by atoms with Crippen LogP contribution in [0.25, 0.3) is 0 Å². The van der Waals surface area contributed by atoms with Gasteiger partial charge in [-0.3, -0.25) is 9.78 Å². The SMILES string of the molecule is CCOCC(=O)CCc1cccnc1. The zero-order valence-corrected chi connectivity index (χ0v) is 8.40. The number of carbonyl (C=O) groups is 1. The van der Waals surface area contributed by atoms with Gasteiger partial charge in [-0.05, 0) is 25.0 Å². The second-order valence-electron chi connectivity index (χ2n) is 3.04. The van der Waals surface area contributed by atoms with Gasteiger partial charge in [0.15, 0.2) is 5.78 Å². The molecule has 0 aliphatic heterocycles. The Bertz CT molecular complexity index is 272. The van der Waals surface area contributed by atoms with Crippen molar-refractivity contribution in [2.24, 2.45) is 0 Å². The molecular formula is C11H15NO2. The average molecular weight is 193 g/mol. The lowest BCUT2D eigenvalue weighted by atomic mass is 10.1. The first-order valence-corrected chi connectivity index (χ1v) is 4.81. The van der Waals surface area contributed by atoms with Crippen molar-refractivity contribution in [3.8, 4) is 0 Å². The summed E-state index contributed by atoms with van der Waals surface area (Å²) in [6, 6.07) is 3.85. The molecule has 3 heteroatoms. The number of ether oxygens (including phenoxy) is 1. The number of rotatable bonds is 6. The smallest absolute Gasteiger partial charge is 0.158 e. The maximum absolute atomic E-state index is 11.2. The van der Waals surface area contributed by atoms with Gasteiger partial charge in [0.25, 0.3) is 0 Å². The maximum atomic E-state index is 11.2. The Labute approximate surface area is 84.1 Å². The van der Waals surface area contributed by atoms with Gasteiger partial charge in [-0.25, -0.2) is 0 Å². The third-order valence-corrected chi connectivity index (χ3v) is 1.88. The standard InChI is InChI=1S/C11H15NO2/c1-2-14-9-11(13)6-5-10-4-3-7-12-8-10/h3-4,7-8H,2,5-6,9H2,1H3. The normalized spacial score (nSPS) is 10.1. The van der Waals surface area contributed by atoms with Crippen LogP contribution in [0, 0.1) is 0 Å². The molecule has 1 aromatic heterocycles. The first-order valence-electron chi connectivity index (χ1n) is 4.81. The van der Waals surface area contributed by atoms with E-state index >= 15 is 0 Å². The number of aromatic nitrogens is 1. The molecule has 0 N–H and O–H groups in total. The Morgan fingerprint density at radius 2 is 2.43 bits per heavy atom. The van der Waals surface area contributed by atoms with Crippen molar-refractivity contribution in [2.75, 3.05) is 13.2 Å². The van der Waals surface area contributed by atoms with Gasteiger partial charge in [-0.1, -0.05) is 6.07 Å². The van der Waals surface area contributed by atoms with E-state index in [1.807, 2.05) is 19.1 Å². The van der Waals surface area contributed by atoms with Crippen LogP contribution in [0.5, 0.6) is 0 Å². The minimum Gasteiger partial charge on any atom is -0.374 e. The van der Waals surface area contributed by atoms with Crippen molar-refractivity contribution >= 4 is 5.78 Å². The second-order valence-corrected chi connectivity index (χ2v) is 3.04. The van der Waals surface area contributed by atoms with Crippen LogP contribution in [0.1, 0.15) is 18.9 Å². The lowest BCUT2D eigenvalue weighted by molar-refractivity contribution is -0.123. The zero-order valence-electron chi connectivity index (χ0n) is 8.40. The molecule has 0 bridgehead atoms. The summed E-state index contributed by atoms with van der Waals surface area (Å²) in [5.41, 5.74) is 1.09. The minimum absolute atomic E-state index is 0.149. The molecule has 0 radical (unpaired) electrons. The van der Waals surface area contributed by atoms with Crippen LogP contribution in [0.4, 0.5) is 0 Å². The second kappa shape index (κ2) is 6.27. The molecule has 0 aromatic carbocycles. The van der Waals surface area contributed by atoms with Crippen LogP contribution in [0.15, 0.2) is 24.5 Å². The Morgan fingerprint density at radius 1 is 1.57 bits per heavy atom. The van der Waals surface area contributed by atoms with Gasteiger partial charge in [0.2, 0.25) is 0 Å². The molecule has 1 aromatic rings. The summed E-state index contributed by atoms with van der Waals surface area (Å²) in [6.07, 6.45) is 4.80. The molecule has 14 heavy (non-hydrogen) atoms. The Morgan fingerprint density at radius 3 is 3.07 bits per heavy atom. The van der Waals surface area contributed by atoms with E-state index in [9.17, 15) is 4.79 Å². The summed E-state index contributed by atoms with van der Waals surface area (Å²) in [5.74, 6) is 0.149. The summed E-state index contributed by atoms with van der Waals surface area (Å²) < 4.78 is 5.02. The summed E-state index contributed by atoms with van der Waals surface area (Å²) in [6.45, 7) is 2.71. The van der Waals surface area contributed by atoms with Crippen LogP contribution >= 0.6 is 0 Å². The molecule has 1 rings (SSSR count). The number of Topliss-reactive ketones (excluding diaryl/α,β-unsaturated/α-hetero) is 1. The highest BCUT2D eigenvalue weighted by Gasteiger charge is 2.01. The Kier molecular flexibility index (Phi) is 4.86. The fourth-order valence-corrected chi connectivity index (χ4v) is 1.12. The first-order chi connectivity index (χ1) is 6.83. The molecule has 0 saturated heterocycles. The van der Waals surface area contributed by atoms with Crippen molar-refractivity contribution in [1.82, 2.24) is 4.98 Å². The molecule has 0 atom stereocenters. The highest BCUT2D eigenvalue weighted by atomic mass is 16.5. The van der Waals surface area contributed by atoms with E-state index in [0.29, 0.717) is 13.0 Å². The van der Waals surface area contributed by atoms with Crippen LogP contribution in [-0.2, 0) is 16.0 Å². The van der Waals surface area contributed by atoms with Gasteiger partial charge in [0.1, 0.15) is 6.61 Å². The predicted octanol–water partition coefficient (Wildman–Crippen LogP) is 1.62. The van der Waals surface area contributed by atoms with Crippen molar-refractivity contribution in [3.63, 3.8) is 0 Å². The van der Waals surface area contributed by atoms with E-state index in [1.54, 1.807) is 12.4 Å². The van der Waals surface area contributed by atoms with Gasteiger partial charge >= 0.3 is 0 Å². The van der Waals surface area contributed by atoms with Gasteiger partial charge in [-0.2, -0.15) is 0 Å². The van der Waals surface area contributed by atoms with E-state index in [4.69, 9.17) is 4.74 Å². The van der Waals surface area contributed by atoms with Gasteiger partial charge < -0.3 is 4.74 Å². The molecular weight excluding hydrogens is 178 g/mol. The van der Waals surface area contributed by atoms with E-state index in [1.165, 1.54) is 0 Å². The van der Waals surface area contributed by atoms with E-state index < -0.39 is 0 Å². The summed E-state index contributed by atoms with van der Waals surface area (Å²) in [5, 5.41) is 0. The molecule has 3 nitrogen and oxygen atoms in total. The Balaban J connectivity index is 2.24. The quantitative estimate of drug-likeness (QED) is 0.689. The summed E-state index contributed by atoms with van der Waals surface area (Å²) in [7, 11) is 0. The van der Waals surface area contributed by atoms with E-state index in [0.717, 1.165) is 12.0 Å². The zero-order chi connectivity index (χ0) is 10.2. The molecule has 0 amide bonds. The largest absolute Gasteiger partial charge is 0.374 e. The van der Waals surface area contributed by atoms with Gasteiger partial charge in [0, 0.05) is 25.4 Å². The Hall–Kier alpha value is -1.22. The number of nitrogens with zero attached hydrogens (tertiary/aromatic N) is 1. The fourth-order valence-electron chi connectivity index (χ4n) is 1.12. The molecule has 0 unspecified atom stereocenters. The fraction of sp³-hybridized carbons (Fsp3) is 0.455. The van der Waals surface area contributed by atoms with Crippen molar-refractivity contribution in [1.29, 1.82) is 0 Å². The highest BCUT2D eigenvalue weighted by Crippen LogP contribution is 2.00. The predicted molar refractivity (Wildman–Crippen MR) is 54.1 cm³/mol. The van der Waals surface area contributed by atoms with Crippen molar-refractivity contribution in [2.45, 2.75) is 19.8 Å². The minimum atomic E-state index is 0.149. The number of hydrogen-bond acceptors (Lipinski definition) is 3. The van der Waals surface area contributed by atoms with E-state index in [2.05, 4.69) is 4.98 Å². The lowest BCUT2D eigenvalue weighted by Gasteiger charge is -2.00. The monoisotopic (exact) mass is 193 g/mol. The first kappa shape index (κ1) is 10.9. The number of carbonyl (C=O) groups excluding carboxylic acids is 1. The van der Waals surface area contributed by atoms with Crippen LogP contribution in [0.3, 0.4) is 0 Å².